The number of carbonyl (C=O) groups is 6. The number of carboxylic acid groups (broad SMARTS) is 3. The van der Waals surface area contributed by atoms with E-state index >= 15 is 0 Å². The SMILES string of the molecule is NC(N)=NCCCC(NC(=O)C(CC(=O)O)NC(=O)C(N)CCC(=O)O)C(=O)NC(Cc1cnc[nH]1)C(=O)O. The maximum absolute atomic E-state index is 13.0. The summed E-state index contributed by atoms with van der Waals surface area (Å²) in [5.41, 5.74) is 16.6. The van der Waals surface area contributed by atoms with Crippen LogP contribution in [-0.4, -0.2) is 97.6 Å². The van der Waals surface area contributed by atoms with Crippen molar-refractivity contribution < 1.29 is 44.1 Å². The Kier molecular flexibility index (Phi) is 13.4. The fourth-order valence-corrected chi connectivity index (χ4v) is 3.21. The largest absolute Gasteiger partial charge is 0.481 e. The molecule has 4 atom stereocenters. The van der Waals surface area contributed by atoms with E-state index in [-0.39, 0.29) is 38.2 Å². The van der Waals surface area contributed by atoms with Crippen LogP contribution in [0, 0.1) is 0 Å². The molecule has 1 aromatic rings. The summed E-state index contributed by atoms with van der Waals surface area (Å²) >= 11 is 0. The van der Waals surface area contributed by atoms with Crippen molar-refractivity contribution in [3.63, 3.8) is 0 Å². The fourth-order valence-electron chi connectivity index (χ4n) is 3.21. The van der Waals surface area contributed by atoms with E-state index < -0.39 is 72.6 Å². The first-order chi connectivity index (χ1) is 18.3. The number of aliphatic carboxylic acids is 3. The van der Waals surface area contributed by atoms with Gasteiger partial charge in [-0.15, -0.1) is 0 Å². The lowest BCUT2D eigenvalue weighted by atomic mass is 10.1. The average molecular weight is 556 g/mol. The molecule has 0 aliphatic heterocycles. The van der Waals surface area contributed by atoms with Crippen LogP contribution in [0.2, 0.25) is 0 Å². The van der Waals surface area contributed by atoms with E-state index in [9.17, 15) is 39.0 Å². The zero-order valence-electron chi connectivity index (χ0n) is 20.8. The third kappa shape index (κ3) is 12.9. The maximum Gasteiger partial charge on any atom is 0.326 e. The predicted molar refractivity (Wildman–Crippen MR) is 133 cm³/mol. The van der Waals surface area contributed by atoms with Gasteiger partial charge >= 0.3 is 17.9 Å². The van der Waals surface area contributed by atoms with Crippen molar-refractivity contribution in [1.29, 1.82) is 0 Å². The molecule has 1 aromatic heterocycles. The van der Waals surface area contributed by atoms with Crippen molar-refractivity contribution in [3.8, 4) is 0 Å². The molecule has 3 amide bonds. The number of carboxylic acids is 3. The Morgan fingerprint density at radius 3 is 2.05 bits per heavy atom. The number of hydrogen-bond acceptors (Lipinski definition) is 9. The molecule has 0 aliphatic carbocycles. The topological polar surface area (TPSA) is 318 Å². The minimum absolute atomic E-state index is 0.0617. The summed E-state index contributed by atoms with van der Waals surface area (Å²) in [6.45, 7) is 0.0617. The van der Waals surface area contributed by atoms with Crippen molar-refractivity contribution in [2.75, 3.05) is 6.54 Å². The van der Waals surface area contributed by atoms with Crippen LogP contribution in [0.3, 0.4) is 0 Å². The van der Waals surface area contributed by atoms with E-state index in [2.05, 4.69) is 30.9 Å². The van der Waals surface area contributed by atoms with E-state index in [1.165, 1.54) is 12.5 Å². The summed E-state index contributed by atoms with van der Waals surface area (Å²) in [5.74, 6) is -7.20. The summed E-state index contributed by atoms with van der Waals surface area (Å²) in [5, 5.41) is 34.3. The molecule has 0 saturated carbocycles. The molecule has 216 valence electrons. The third-order valence-corrected chi connectivity index (χ3v) is 5.19. The molecule has 0 bridgehead atoms. The lowest BCUT2D eigenvalue weighted by Gasteiger charge is -2.24. The number of aromatic amines is 1. The zero-order valence-corrected chi connectivity index (χ0v) is 20.8. The lowest BCUT2D eigenvalue weighted by molar-refractivity contribution is -0.143. The Morgan fingerprint density at radius 2 is 1.51 bits per heavy atom. The van der Waals surface area contributed by atoms with Gasteiger partial charge in [0.2, 0.25) is 17.7 Å². The van der Waals surface area contributed by atoms with Crippen molar-refractivity contribution >= 4 is 41.6 Å². The Bertz CT molecular complexity index is 1040. The number of amides is 3. The first-order valence-electron chi connectivity index (χ1n) is 11.7. The van der Waals surface area contributed by atoms with Gasteiger partial charge in [0.25, 0.3) is 0 Å². The highest BCUT2D eigenvalue weighted by atomic mass is 16.4. The van der Waals surface area contributed by atoms with E-state index in [0.717, 1.165) is 0 Å². The van der Waals surface area contributed by atoms with Gasteiger partial charge in [-0.25, -0.2) is 9.78 Å². The highest BCUT2D eigenvalue weighted by molar-refractivity contribution is 5.95. The van der Waals surface area contributed by atoms with Crippen molar-refractivity contribution in [2.45, 2.75) is 62.7 Å². The monoisotopic (exact) mass is 555 g/mol. The average Bonchev–Trinajstić information content (AvgIpc) is 3.35. The number of aromatic nitrogens is 2. The van der Waals surface area contributed by atoms with Gasteiger partial charge in [0.1, 0.15) is 18.1 Å². The molecule has 13 N–H and O–H groups in total. The molecule has 0 aliphatic rings. The first-order valence-corrected chi connectivity index (χ1v) is 11.7. The Hall–Kier alpha value is -4.74. The minimum atomic E-state index is -1.68. The van der Waals surface area contributed by atoms with Crippen molar-refractivity contribution in [3.05, 3.63) is 18.2 Å². The number of rotatable bonds is 18. The van der Waals surface area contributed by atoms with Crippen LogP contribution >= 0.6 is 0 Å². The molecule has 18 nitrogen and oxygen atoms in total. The number of nitrogens with two attached hydrogens (primary N) is 3. The summed E-state index contributed by atoms with van der Waals surface area (Å²) in [7, 11) is 0. The molecule has 0 spiro atoms. The van der Waals surface area contributed by atoms with Crippen molar-refractivity contribution in [1.82, 2.24) is 25.9 Å². The highest BCUT2D eigenvalue weighted by Crippen LogP contribution is 2.05. The van der Waals surface area contributed by atoms with Crippen LogP contribution in [0.5, 0.6) is 0 Å². The first kappa shape index (κ1) is 32.3. The summed E-state index contributed by atoms with van der Waals surface area (Å²) in [4.78, 5) is 82.2. The third-order valence-electron chi connectivity index (χ3n) is 5.19. The standard InChI is InChI=1S/C21H33N9O9/c22-11(3-4-15(31)32)17(35)29-13(7-16(33)34)19(37)28-12(2-1-5-26-21(23)24)18(36)30-14(20(38)39)6-10-8-25-9-27-10/h8-9,11-14H,1-7,22H2,(H,25,27)(H,28,37)(H,29,35)(H,30,36)(H,31,32)(H,33,34)(H,38,39)(H4,23,24,26). The van der Waals surface area contributed by atoms with Gasteiger partial charge in [-0.05, 0) is 19.3 Å². The molecular formula is C21H33N9O9. The normalized spacial score (nSPS) is 13.7. The number of nitrogens with one attached hydrogen (secondary N) is 4. The van der Waals surface area contributed by atoms with Gasteiger partial charge in [-0.3, -0.25) is 29.0 Å². The number of guanidine groups is 1. The van der Waals surface area contributed by atoms with Crippen LogP contribution in [0.15, 0.2) is 17.5 Å². The second-order valence-electron chi connectivity index (χ2n) is 8.39. The van der Waals surface area contributed by atoms with Crippen LogP contribution < -0.4 is 33.2 Å². The van der Waals surface area contributed by atoms with Gasteiger partial charge in [-0.2, -0.15) is 0 Å². The number of aliphatic imine (C=N–C) groups is 1. The molecule has 4 unspecified atom stereocenters. The molecule has 0 fully saturated rings. The summed E-state index contributed by atoms with van der Waals surface area (Å²) < 4.78 is 0. The number of nitrogens with zero attached hydrogens (tertiary/aromatic N) is 2. The van der Waals surface area contributed by atoms with Crippen LogP contribution in [0.25, 0.3) is 0 Å². The maximum atomic E-state index is 13.0. The van der Waals surface area contributed by atoms with Crippen LogP contribution in [0.1, 0.15) is 37.8 Å². The molecule has 1 heterocycles. The van der Waals surface area contributed by atoms with E-state index in [1.54, 1.807) is 0 Å². The van der Waals surface area contributed by atoms with E-state index in [0.29, 0.717) is 5.69 Å². The summed E-state index contributed by atoms with van der Waals surface area (Å²) in [6.07, 6.45) is 1.02. The Balaban J connectivity index is 3.04. The number of imidazole rings is 1. The molecule has 39 heavy (non-hydrogen) atoms. The molecule has 1 rings (SSSR count). The lowest BCUT2D eigenvalue weighted by Crippen LogP contribution is -2.57. The quantitative estimate of drug-likeness (QED) is 0.0472. The molecule has 0 aromatic carbocycles. The zero-order chi connectivity index (χ0) is 29.5. The second-order valence-corrected chi connectivity index (χ2v) is 8.39. The summed E-state index contributed by atoms with van der Waals surface area (Å²) in [6, 6.07) is -5.80. The molecule has 0 radical (unpaired) electrons. The van der Waals surface area contributed by atoms with Crippen molar-refractivity contribution in [2.24, 2.45) is 22.2 Å². The van der Waals surface area contributed by atoms with Crippen LogP contribution in [-0.2, 0) is 35.2 Å². The Morgan fingerprint density at radius 1 is 0.897 bits per heavy atom. The number of H-pyrrole nitrogens is 1. The molecule has 0 saturated heterocycles. The van der Waals surface area contributed by atoms with Gasteiger partial charge in [0.15, 0.2) is 5.96 Å². The predicted octanol–water partition coefficient (Wildman–Crippen LogP) is -3.79. The molecule has 18 heteroatoms. The highest BCUT2D eigenvalue weighted by Gasteiger charge is 2.31. The van der Waals surface area contributed by atoms with Gasteiger partial charge in [0.05, 0.1) is 18.8 Å². The smallest absolute Gasteiger partial charge is 0.326 e. The van der Waals surface area contributed by atoms with Crippen LogP contribution in [0.4, 0.5) is 0 Å². The fraction of sp³-hybridized carbons (Fsp3) is 0.524. The minimum Gasteiger partial charge on any atom is -0.481 e. The second kappa shape index (κ2) is 16.2. The number of hydrogen-bond donors (Lipinski definition) is 10. The van der Waals surface area contributed by atoms with E-state index in [1.807, 2.05) is 0 Å². The van der Waals surface area contributed by atoms with Gasteiger partial charge in [-0.1, -0.05) is 0 Å². The Labute approximate surface area is 221 Å². The molecular weight excluding hydrogens is 522 g/mol. The number of carbonyl (C=O) groups excluding carboxylic acids is 3. The van der Waals surface area contributed by atoms with Gasteiger partial charge in [0, 0.05) is 31.3 Å². The van der Waals surface area contributed by atoms with E-state index in [4.69, 9.17) is 22.3 Å². The van der Waals surface area contributed by atoms with Gasteiger partial charge < -0.3 is 53.5 Å².